The quantitative estimate of drug-likeness (QED) is 0.614. The number of unbranched alkanes of at least 4 members (excludes halogenated alkanes) is 1. The van der Waals surface area contributed by atoms with Crippen LogP contribution < -0.4 is 5.43 Å². The van der Waals surface area contributed by atoms with E-state index in [1.54, 1.807) is 4.68 Å². The van der Waals surface area contributed by atoms with Crippen molar-refractivity contribution in [3.05, 3.63) is 32.5 Å². The second-order valence-electron chi connectivity index (χ2n) is 5.19. The molecule has 0 bridgehead atoms. The number of hydrogen-bond acceptors (Lipinski definition) is 5. The molecule has 0 fully saturated rings. The predicted octanol–water partition coefficient (Wildman–Crippen LogP) is 3.10. The molecular formula is C15H20ClN5OS. The number of hydrazone groups is 1. The summed E-state index contributed by atoms with van der Waals surface area (Å²) in [6, 6.07) is 0. The highest BCUT2D eigenvalue weighted by molar-refractivity contribution is 7.09. The number of amides is 1. The van der Waals surface area contributed by atoms with Crippen LogP contribution in [0.5, 0.6) is 0 Å². The van der Waals surface area contributed by atoms with E-state index >= 15 is 0 Å². The lowest BCUT2D eigenvalue weighted by Gasteiger charge is -2.00. The number of nitrogens with one attached hydrogen (secondary N) is 1. The SMILES string of the molecule is CCCCn1nc(C)c(/C=N\NC(=O)Cc2csc(C)n2)c1Cl. The molecule has 0 aliphatic rings. The van der Waals surface area contributed by atoms with Gasteiger partial charge in [0.1, 0.15) is 5.15 Å². The number of nitrogens with zero attached hydrogens (tertiary/aromatic N) is 4. The monoisotopic (exact) mass is 353 g/mol. The normalized spacial score (nSPS) is 11.3. The lowest BCUT2D eigenvalue weighted by molar-refractivity contribution is -0.120. The van der Waals surface area contributed by atoms with Crippen molar-refractivity contribution in [1.29, 1.82) is 0 Å². The highest BCUT2D eigenvalue weighted by Gasteiger charge is 2.11. The molecule has 0 unspecified atom stereocenters. The van der Waals surface area contributed by atoms with Gasteiger partial charge in [-0.1, -0.05) is 24.9 Å². The second kappa shape index (κ2) is 8.21. The summed E-state index contributed by atoms with van der Waals surface area (Å²) in [6.07, 6.45) is 3.84. The minimum atomic E-state index is -0.210. The molecule has 0 radical (unpaired) electrons. The Morgan fingerprint density at radius 3 is 2.96 bits per heavy atom. The van der Waals surface area contributed by atoms with Gasteiger partial charge in [0, 0.05) is 11.9 Å². The summed E-state index contributed by atoms with van der Waals surface area (Å²) in [7, 11) is 0. The zero-order valence-electron chi connectivity index (χ0n) is 13.5. The number of halogens is 1. The van der Waals surface area contributed by atoms with Crippen LogP contribution in [0.4, 0.5) is 0 Å². The van der Waals surface area contributed by atoms with E-state index in [4.69, 9.17) is 11.6 Å². The van der Waals surface area contributed by atoms with E-state index in [1.165, 1.54) is 17.6 Å². The molecule has 0 saturated carbocycles. The Kier molecular flexibility index (Phi) is 6.29. The summed E-state index contributed by atoms with van der Waals surface area (Å²) < 4.78 is 1.77. The molecule has 23 heavy (non-hydrogen) atoms. The van der Waals surface area contributed by atoms with Gasteiger partial charge in [0.15, 0.2) is 0 Å². The number of carbonyl (C=O) groups excluding carboxylic acids is 1. The van der Waals surface area contributed by atoms with Crippen LogP contribution in [0.3, 0.4) is 0 Å². The van der Waals surface area contributed by atoms with Crippen molar-refractivity contribution in [2.75, 3.05) is 0 Å². The zero-order chi connectivity index (χ0) is 16.8. The average Bonchev–Trinajstić information content (AvgIpc) is 3.02. The molecular weight excluding hydrogens is 334 g/mol. The van der Waals surface area contributed by atoms with E-state index in [9.17, 15) is 4.79 Å². The Morgan fingerprint density at radius 2 is 2.30 bits per heavy atom. The molecule has 0 aromatic carbocycles. The highest BCUT2D eigenvalue weighted by Crippen LogP contribution is 2.18. The Hall–Kier alpha value is -1.73. The maximum Gasteiger partial charge on any atom is 0.246 e. The fourth-order valence-electron chi connectivity index (χ4n) is 2.03. The summed E-state index contributed by atoms with van der Waals surface area (Å²) >= 11 is 7.82. The maximum absolute atomic E-state index is 11.8. The van der Waals surface area contributed by atoms with Crippen molar-refractivity contribution in [3.8, 4) is 0 Å². The first-order valence-electron chi connectivity index (χ1n) is 7.47. The molecule has 124 valence electrons. The van der Waals surface area contributed by atoms with Crippen LogP contribution in [-0.2, 0) is 17.8 Å². The van der Waals surface area contributed by atoms with Gasteiger partial charge in [-0.15, -0.1) is 11.3 Å². The molecule has 0 saturated heterocycles. The van der Waals surface area contributed by atoms with Gasteiger partial charge in [-0.3, -0.25) is 9.48 Å². The maximum atomic E-state index is 11.8. The van der Waals surface area contributed by atoms with Crippen molar-refractivity contribution in [3.63, 3.8) is 0 Å². The molecule has 2 rings (SSSR count). The van der Waals surface area contributed by atoms with E-state index < -0.39 is 0 Å². The van der Waals surface area contributed by atoms with Crippen molar-refractivity contribution in [1.82, 2.24) is 20.2 Å². The Bertz CT molecular complexity index is 707. The molecule has 6 nitrogen and oxygen atoms in total. The van der Waals surface area contributed by atoms with Crippen molar-refractivity contribution >= 4 is 35.1 Å². The van der Waals surface area contributed by atoms with E-state index in [1.807, 2.05) is 19.2 Å². The topological polar surface area (TPSA) is 72.2 Å². The average molecular weight is 354 g/mol. The van der Waals surface area contributed by atoms with Crippen molar-refractivity contribution < 1.29 is 4.79 Å². The molecule has 1 amide bonds. The standard InChI is InChI=1S/C15H20ClN5OS/c1-4-5-6-21-15(16)13(10(2)20-21)8-17-19-14(22)7-12-9-23-11(3)18-12/h8-9H,4-7H2,1-3H3,(H,19,22)/b17-8-. The molecule has 0 atom stereocenters. The second-order valence-corrected chi connectivity index (χ2v) is 6.61. The van der Waals surface area contributed by atoms with Gasteiger partial charge in [-0.05, 0) is 20.3 Å². The van der Waals surface area contributed by atoms with Crippen molar-refractivity contribution in [2.24, 2.45) is 5.10 Å². The lowest BCUT2D eigenvalue weighted by atomic mass is 10.3. The van der Waals surface area contributed by atoms with Gasteiger partial charge in [-0.2, -0.15) is 10.2 Å². The summed E-state index contributed by atoms with van der Waals surface area (Å²) in [5, 5.41) is 11.7. The summed E-state index contributed by atoms with van der Waals surface area (Å²) in [5.41, 5.74) is 4.77. The van der Waals surface area contributed by atoms with Crippen LogP contribution in [0.15, 0.2) is 10.5 Å². The van der Waals surface area contributed by atoms with Gasteiger partial charge in [0.25, 0.3) is 0 Å². The Morgan fingerprint density at radius 1 is 1.52 bits per heavy atom. The van der Waals surface area contributed by atoms with E-state index in [2.05, 4.69) is 27.5 Å². The first-order valence-corrected chi connectivity index (χ1v) is 8.72. The molecule has 0 aliphatic heterocycles. The van der Waals surface area contributed by atoms with Gasteiger partial charge < -0.3 is 0 Å². The fourth-order valence-corrected chi connectivity index (χ4v) is 2.95. The third-order valence-corrected chi connectivity index (χ3v) is 4.45. The Labute approximate surface area is 144 Å². The highest BCUT2D eigenvalue weighted by atomic mass is 35.5. The van der Waals surface area contributed by atoms with E-state index in [-0.39, 0.29) is 12.3 Å². The molecule has 0 spiro atoms. The number of thiazole rings is 1. The van der Waals surface area contributed by atoms with Crippen molar-refractivity contribution in [2.45, 2.75) is 46.6 Å². The van der Waals surface area contributed by atoms with Crippen LogP contribution in [0, 0.1) is 13.8 Å². The van der Waals surface area contributed by atoms with Crippen LogP contribution in [-0.4, -0.2) is 26.9 Å². The molecule has 8 heteroatoms. The van der Waals surface area contributed by atoms with Gasteiger partial charge in [0.2, 0.25) is 5.91 Å². The summed E-state index contributed by atoms with van der Waals surface area (Å²) in [6.45, 7) is 6.67. The molecule has 2 aromatic rings. The number of rotatable bonds is 7. The minimum absolute atomic E-state index is 0.210. The number of hydrogen-bond donors (Lipinski definition) is 1. The van der Waals surface area contributed by atoms with E-state index in [0.717, 1.165) is 41.3 Å². The van der Waals surface area contributed by atoms with Gasteiger partial charge >= 0.3 is 0 Å². The van der Waals surface area contributed by atoms with Gasteiger partial charge in [0.05, 0.1) is 34.6 Å². The summed E-state index contributed by atoms with van der Waals surface area (Å²) in [4.78, 5) is 16.1. The molecule has 0 aliphatic carbocycles. The number of aryl methyl sites for hydroxylation is 3. The van der Waals surface area contributed by atoms with Crippen LogP contribution in [0.2, 0.25) is 5.15 Å². The van der Waals surface area contributed by atoms with Crippen LogP contribution in [0.25, 0.3) is 0 Å². The van der Waals surface area contributed by atoms with E-state index in [0.29, 0.717) is 5.15 Å². The Balaban J connectivity index is 1.94. The molecule has 2 heterocycles. The smallest absolute Gasteiger partial charge is 0.246 e. The fraction of sp³-hybridized carbons (Fsp3) is 0.467. The lowest BCUT2D eigenvalue weighted by Crippen LogP contribution is -2.20. The number of carbonyl (C=O) groups is 1. The van der Waals surface area contributed by atoms with Crippen LogP contribution >= 0.6 is 22.9 Å². The van der Waals surface area contributed by atoms with Crippen LogP contribution in [0.1, 0.15) is 41.7 Å². The molecule has 1 N–H and O–H groups in total. The largest absolute Gasteiger partial charge is 0.273 e. The first-order chi connectivity index (χ1) is 11.0. The number of aromatic nitrogens is 3. The minimum Gasteiger partial charge on any atom is -0.273 e. The predicted molar refractivity (Wildman–Crippen MR) is 93.2 cm³/mol. The van der Waals surface area contributed by atoms with Gasteiger partial charge in [-0.25, -0.2) is 10.4 Å². The third kappa shape index (κ3) is 4.87. The third-order valence-electron chi connectivity index (χ3n) is 3.22. The molecule has 2 aromatic heterocycles. The zero-order valence-corrected chi connectivity index (χ0v) is 15.0. The first kappa shape index (κ1) is 17.6. The summed E-state index contributed by atoms with van der Waals surface area (Å²) in [5.74, 6) is -0.210.